The minimum atomic E-state index is -0.521. The van der Waals surface area contributed by atoms with Gasteiger partial charge < -0.3 is 14.8 Å². The zero-order valence-corrected chi connectivity index (χ0v) is 14.3. The van der Waals surface area contributed by atoms with Crippen LogP contribution >= 0.6 is 0 Å². The van der Waals surface area contributed by atoms with Crippen LogP contribution in [0.3, 0.4) is 0 Å². The van der Waals surface area contributed by atoms with Crippen molar-refractivity contribution in [3.05, 3.63) is 34.9 Å². The average Bonchev–Trinajstić information content (AvgIpc) is 2.44. The van der Waals surface area contributed by atoms with Crippen LogP contribution in [-0.2, 0) is 9.47 Å². The zero-order valence-electron chi connectivity index (χ0n) is 14.3. The second-order valence-electron chi connectivity index (χ2n) is 6.02. The summed E-state index contributed by atoms with van der Waals surface area (Å²) in [7, 11) is 1.34. The summed E-state index contributed by atoms with van der Waals surface area (Å²) < 4.78 is 9.87. The predicted octanol–water partition coefficient (Wildman–Crippen LogP) is 3.05. The Bertz CT molecular complexity index is 633. The van der Waals surface area contributed by atoms with Crippen molar-refractivity contribution in [3.8, 4) is 11.8 Å². The third-order valence-corrected chi connectivity index (χ3v) is 2.72. The molecule has 0 bridgehead atoms. The molecule has 0 fully saturated rings. The second kappa shape index (κ2) is 8.23. The SMILES string of the molecule is COC(=O)c1ccc(C)cc1C#CCCNC(=O)OC(C)(C)C. The number of carbonyl (C=O) groups is 2. The summed E-state index contributed by atoms with van der Waals surface area (Å²) in [5.41, 5.74) is 1.54. The highest BCUT2D eigenvalue weighted by atomic mass is 16.6. The molecule has 0 aliphatic heterocycles. The largest absolute Gasteiger partial charge is 0.465 e. The highest BCUT2D eigenvalue weighted by Crippen LogP contribution is 2.12. The summed E-state index contributed by atoms with van der Waals surface area (Å²) in [4.78, 5) is 23.2. The molecule has 0 atom stereocenters. The summed E-state index contributed by atoms with van der Waals surface area (Å²) in [5.74, 6) is 5.47. The Morgan fingerprint density at radius 2 is 1.96 bits per heavy atom. The van der Waals surface area contributed by atoms with E-state index in [-0.39, 0.29) is 0 Å². The second-order valence-corrected chi connectivity index (χ2v) is 6.02. The number of nitrogens with one attached hydrogen (secondary N) is 1. The Balaban J connectivity index is 2.62. The van der Waals surface area contributed by atoms with Gasteiger partial charge in [-0.2, -0.15) is 0 Å². The average molecular weight is 317 g/mol. The number of aryl methyl sites for hydroxylation is 1. The quantitative estimate of drug-likeness (QED) is 0.529. The van der Waals surface area contributed by atoms with E-state index in [1.54, 1.807) is 26.8 Å². The Hall–Kier alpha value is -2.48. The number of rotatable bonds is 3. The van der Waals surface area contributed by atoms with Gasteiger partial charge in [0.2, 0.25) is 0 Å². The van der Waals surface area contributed by atoms with E-state index >= 15 is 0 Å². The molecule has 23 heavy (non-hydrogen) atoms. The minimum absolute atomic E-state index is 0.376. The lowest BCUT2D eigenvalue weighted by molar-refractivity contribution is 0.0527. The van der Waals surface area contributed by atoms with E-state index < -0.39 is 17.7 Å². The lowest BCUT2D eigenvalue weighted by Gasteiger charge is -2.19. The van der Waals surface area contributed by atoms with Crippen molar-refractivity contribution in [2.24, 2.45) is 0 Å². The van der Waals surface area contributed by atoms with Crippen molar-refractivity contribution in [1.82, 2.24) is 5.32 Å². The zero-order chi connectivity index (χ0) is 17.5. The van der Waals surface area contributed by atoms with Gasteiger partial charge in [-0.05, 0) is 45.4 Å². The van der Waals surface area contributed by atoms with Crippen molar-refractivity contribution in [3.63, 3.8) is 0 Å². The van der Waals surface area contributed by atoms with Crippen molar-refractivity contribution < 1.29 is 19.1 Å². The van der Waals surface area contributed by atoms with Crippen LogP contribution in [0.15, 0.2) is 18.2 Å². The third-order valence-electron chi connectivity index (χ3n) is 2.72. The first-order valence-corrected chi connectivity index (χ1v) is 7.37. The standard InChI is InChI=1S/C18H23NO4/c1-13-9-10-15(16(20)22-5)14(12-13)8-6-7-11-19-17(21)23-18(2,3)4/h9-10,12H,7,11H2,1-5H3,(H,19,21). The van der Waals surface area contributed by atoms with Gasteiger partial charge in [-0.1, -0.05) is 17.9 Å². The van der Waals surface area contributed by atoms with E-state index in [9.17, 15) is 9.59 Å². The minimum Gasteiger partial charge on any atom is -0.465 e. The number of methoxy groups -OCH3 is 1. The maximum absolute atomic E-state index is 11.7. The van der Waals surface area contributed by atoms with Gasteiger partial charge in [0, 0.05) is 18.5 Å². The molecular formula is C18H23NO4. The lowest BCUT2D eigenvalue weighted by Crippen LogP contribution is -2.32. The van der Waals surface area contributed by atoms with Crippen LogP contribution < -0.4 is 5.32 Å². The molecule has 1 aromatic carbocycles. The smallest absolute Gasteiger partial charge is 0.407 e. The van der Waals surface area contributed by atoms with Gasteiger partial charge in [-0.25, -0.2) is 9.59 Å². The van der Waals surface area contributed by atoms with E-state index in [0.29, 0.717) is 24.1 Å². The first kappa shape index (κ1) is 18.6. The molecule has 0 radical (unpaired) electrons. The van der Waals surface area contributed by atoms with Crippen LogP contribution in [0.2, 0.25) is 0 Å². The summed E-state index contributed by atoms with van der Waals surface area (Å²) in [5, 5.41) is 2.63. The van der Waals surface area contributed by atoms with Gasteiger partial charge in [0.1, 0.15) is 5.60 Å². The van der Waals surface area contributed by atoms with Crippen molar-refractivity contribution in [2.75, 3.05) is 13.7 Å². The summed E-state index contributed by atoms with van der Waals surface area (Å²) in [6.07, 6.45) is -0.0153. The van der Waals surface area contributed by atoms with Crippen molar-refractivity contribution in [2.45, 2.75) is 39.7 Å². The number of ether oxygens (including phenoxy) is 2. The van der Waals surface area contributed by atoms with Gasteiger partial charge in [-0.15, -0.1) is 0 Å². The van der Waals surface area contributed by atoms with Crippen molar-refractivity contribution >= 4 is 12.1 Å². The number of esters is 1. The number of alkyl carbamates (subject to hydrolysis) is 1. The molecule has 1 rings (SSSR count). The van der Waals surface area contributed by atoms with Crippen LogP contribution in [0.1, 0.15) is 48.7 Å². The van der Waals surface area contributed by atoms with Crippen molar-refractivity contribution in [1.29, 1.82) is 0 Å². The number of hydrogen-bond donors (Lipinski definition) is 1. The lowest BCUT2D eigenvalue weighted by atomic mass is 10.0. The molecule has 1 aromatic rings. The number of amides is 1. The molecule has 5 nitrogen and oxygen atoms in total. The molecule has 0 heterocycles. The van der Waals surface area contributed by atoms with Gasteiger partial charge >= 0.3 is 12.1 Å². The number of carbonyl (C=O) groups excluding carboxylic acids is 2. The molecular weight excluding hydrogens is 294 g/mol. The number of benzene rings is 1. The summed E-state index contributed by atoms with van der Waals surface area (Å²) in [6, 6.07) is 5.37. The summed E-state index contributed by atoms with van der Waals surface area (Å²) in [6.45, 7) is 7.72. The number of hydrogen-bond acceptors (Lipinski definition) is 4. The highest BCUT2D eigenvalue weighted by molar-refractivity contribution is 5.92. The van der Waals surface area contributed by atoms with Crippen LogP contribution in [0.25, 0.3) is 0 Å². The molecule has 5 heteroatoms. The maximum Gasteiger partial charge on any atom is 0.407 e. The Morgan fingerprint density at radius 1 is 1.26 bits per heavy atom. The Kier molecular flexibility index (Phi) is 6.65. The molecule has 124 valence electrons. The van der Waals surface area contributed by atoms with E-state index in [2.05, 4.69) is 17.2 Å². The fourth-order valence-corrected chi connectivity index (χ4v) is 1.75. The molecule has 0 spiro atoms. The molecule has 0 saturated carbocycles. The Morgan fingerprint density at radius 3 is 2.57 bits per heavy atom. The molecule has 0 unspecified atom stereocenters. The van der Waals surface area contributed by atoms with Crippen LogP contribution in [-0.4, -0.2) is 31.3 Å². The molecule has 0 saturated heterocycles. The van der Waals surface area contributed by atoms with Crippen LogP contribution in [0, 0.1) is 18.8 Å². The topological polar surface area (TPSA) is 64.6 Å². The first-order valence-electron chi connectivity index (χ1n) is 7.37. The van der Waals surface area contributed by atoms with E-state index in [1.807, 2.05) is 19.1 Å². The van der Waals surface area contributed by atoms with E-state index in [0.717, 1.165) is 5.56 Å². The molecule has 1 N–H and O–H groups in total. The van der Waals surface area contributed by atoms with E-state index in [4.69, 9.17) is 9.47 Å². The van der Waals surface area contributed by atoms with E-state index in [1.165, 1.54) is 7.11 Å². The predicted molar refractivity (Wildman–Crippen MR) is 88.3 cm³/mol. The maximum atomic E-state index is 11.7. The van der Waals surface area contributed by atoms with Crippen LogP contribution in [0.5, 0.6) is 0 Å². The summed E-state index contributed by atoms with van der Waals surface area (Å²) >= 11 is 0. The molecule has 1 amide bonds. The van der Waals surface area contributed by atoms with Gasteiger partial charge in [0.15, 0.2) is 0 Å². The normalized spacial score (nSPS) is 10.3. The van der Waals surface area contributed by atoms with Gasteiger partial charge in [-0.3, -0.25) is 0 Å². The Labute approximate surface area is 137 Å². The fourth-order valence-electron chi connectivity index (χ4n) is 1.75. The molecule has 0 aliphatic rings. The monoisotopic (exact) mass is 317 g/mol. The molecule has 0 aromatic heterocycles. The molecule has 0 aliphatic carbocycles. The fraction of sp³-hybridized carbons (Fsp3) is 0.444. The third kappa shape index (κ3) is 6.88. The first-order chi connectivity index (χ1) is 10.7. The van der Waals surface area contributed by atoms with Crippen LogP contribution in [0.4, 0.5) is 4.79 Å². The highest BCUT2D eigenvalue weighted by Gasteiger charge is 2.15. The van der Waals surface area contributed by atoms with Gasteiger partial charge in [0.25, 0.3) is 0 Å². The van der Waals surface area contributed by atoms with Gasteiger partial charge in [0.05, 0.1) is 12.7 Å².